The molecular weight excluding hydrogens is 542 g/mol. The van der Waals surface area contributed by atoms with Crippen molar-refractivity contribution in [2.24, 2.45) is 0 Å². The SMILES string of the molecule is COc1ccc(CN(C)c2cc(Cl)nc3c(C(=O)O[C@H](C)COCc4ccc(OC)c([N+](=O)[O-])c4)cnn23)cc1. The first-order chi connectivity index (χ1) is 19.2. The number of nitro groups is 1. The van der Waals surface area contributed by atoms with Crippen molar-refractivity contribution >= 4 is 34.7 Å². The summed E-state index contributed by atoms with van der Waals surface area (Å²) in [5.41, 5.74) is 1.87. The van der Waals surface area contributed by atoms with Crippen molar-refractivity contribution < 1.29 is 28.7 Å². The molecule has 0 aliphatic rings. The van der Waals surface area contributed by atoms with Gasteiger partial charge >= 0.3 is 11.7 Å². The van der Waals surface area contributed by atoms with Gasteiger partial charge in [0, 0.05) is 25.7 Å². The Morgan fingerprint density at radius 1 is 1.12 bits per heavy atom. The lowest BCUT2D eigenvalue weighted by Gasteiger charge is -2.20. The van der Waals surface area contributed by atoms with Gasteiger partial charge in [-0.05, 0) is 36.2 Å². The highest BCUT2D eigenvalue weighted by Crippen LogP contribution is 2.28. The number of halogens is 1. The number of aromatic nitrogens is 3. The van der Waals surface area contributed by atoms with E-state index in [-0.39, 0.29) is 41.0 Å². The Hall–Kier alpha value is -4.42. The van der Waals surface area contributed by atoms with Gasteiger partial charge in [-0.1, -0.05) is 29.8 Å². The highest BCUT2D eigenvalue weighted by Gasteiger charge is 2.22. The lowest BCUT2D eigenvalue weighted by Crippen LogP contribution is -2.21. The second-order valence-electron chi connectivity index (χ2n) is 8.93. The Morgan fingerprint density at radius 3 is 2.52 bits per heavy atom. The molecule has 0 radical (unpaired) electrons. The van der Waals surface area contributed by atoms with Crippen LogP contribution in [0.25, 0.3) is 5.65 Å². The predicted octanol–water partition coefficient (Wildman–Crippen LogP) is 4.71. The number of rotatable bonds is 12. The highest BCUT2D eigenvalue weighted by molar-refractivity contribution is 6.29. The van der Waals surface area contributed by atoms with Crippen molar-refractivity contribution in [2.75, 3.05) is 32.8 Å². The lowest BCUT2D eigenvalue weighted by molar-refractivity contribution is -0.385. The number of nitro benzene ring substituents is 1. The van der Waals surface area contributed by atoms with E-state index in [0.29, 0.717) is 17.9 Å². The van der Waals surface area contributed by atoms with E-state index in [1.54, 1.807) is 26.2 Å². The summed E-state index contributed by atoms with van der Waals surface area (Å²) >= 11 is 6.31. The molecule has 210 valence electrons. The fourth-order valence-corrected chi connectivity index (χ4v) is 4.19. The number of methoxy groups -OCH3 is 2. The first kappa shape index (κ1) is 28.6. The molecule has 12 nitrogen and oxygen atoms in total. The highest BCUT2D eigenvalue weighted by atomic mass is 35.5. The van der Waals surface area contributed by atoms with Gasteiger partial charge in [-0.25, -0.2) is 9.78 Å². The number of benzene rings is 2. The van der Waals surface area contributed by atoms with Crippen LogP contribution < -0.4 is 14.4 Å². The smallest absolute Gasteiger partial charge is 0.344 e. The van der Waals surface area contributed by atoms with Crippen LogP contribution in [0, 0.1) is 10.1 Å². The second-order valence-corrected chi connectivity index (χ2v) is 9.32. The van der Waals surface area contributed by atoms with Crippen LogP contribution in [-0.4, -0.2) is 59.5 Å². The summed E-state index contributed by atoms with van der Waals surface area (Å²) in [5, 5.41) is 15.8. The van der Waals surface area contributed by atoms with Gasteiger partial charge in [0.25, 0.3) is 0 Å². The van der Waals surface area contributed by atoms with Crippen LogP contribution in [0.3, 0.4) is 0 Å². The fourth-order valence-electron chi connectivity index (χ4n) is 4.01. The zero-order valence-electron chi connectivity index (χ0n) is 22.4. The van der Waals surface area contributed by atoms with Crippen molar-refractivity contribution in [3.8, 4) is 11.5 Å². The summed E-state index contributed by atoms with van der Waals surface area (Å²) in [4.78, 5) is 29.9. The van der Waals surface area contributed by atoms with Crippen LogP contribution in [0.4, 0.5) is 11.5 Å². The molecule has 0 bridgehead atoms. The average molecular weight is 570 g/mol. The van der Waals surface area contributed by atoms with Crippen LogP contribution in [0.5, 0.6) is 11.5 Å². The standard InChI is InChI=1S/C27H28ClN5O7/c1-17(15-39-16-19-7-10-23(38-4)22(11-19)33(35)36)40-27(34)21-13-29-32-25(12-24(28)30-26(21)32)31(2)14-18-5-8-20(37-3)9-6-18/h5-13,17H,14-16H2,1-4H3/t17-/m1/s1. The second kappa shape index (κ2) is 12.6. The quantitative estimate of drug-likeness (QED) is 0.102. The Balaban J connectivity index is 1.40. The fraction of sp³-hybridized carbons (Fsp3) is 0.296. The van der Waals surface area contributed by atoms with Gasteiger partial charge < -0.3 is 23.8 Å². The minimum Gasteiger partial charge on any atom is -0.497 e. The Labute approximate surface area is 235 Å². The van der Waals surface area contributed by atoms with E-state index in [1.807, 2.05) is 36.2 Å². The minimum absolute atomic E-state index is 0.0643. The van der Waals surface area contributed by atoms with Crippen molar-refractivity contribution in [1.29, 1.82) is 0 Å². The maximum Gasteiger partial charge on any atom is 0.344 e. The van der Waals surface area contributed by atoms with E-state index in [9.17, 15) is 14.9 Å². The Bertz CT molecular complexity index is 1510. The summed E-state index contributed by atoms with van der Waals surface area (Å²) in [6.07, 6.45) is 0.766. The monoisotopic (exact) mass is 569 g/mol. The van der Waals surface area contributed by atoms with Crippen molar-refractivity contribution in [3.05, 3.63) is 86.7 Å². The molecule has 0 saturated heterocycles. The Kier molecular flexibility index (Phi) is 9.02. The van der Waals surface area contributed by atoms with Crippen LogP contribution >= 0.6 is 11.6 Å². The number of carbonyl (C=O) groups excluding carboxylic acids is 1. The lowest BCUT2D eigenvalue weighted by atomic mass is 10.2. The number of nitrogens with zero attached hydrogens (tertiary/aromatic N) is 5. The normalized spacial score (nSPS) is 11.7. The minimum atomic E-state index is -0.635. The molecule has 0 saturated carbocycles. The number of anilines is 1. The maximum atomic E-state index is 13.0. The van der Waals surface area contributed by atoms with E-state index in [2.05, 4.69) is 10.1 Å². The van der Waals surface area contributed by atoms with E-state index in [1.165, 1.54) is 30.0 Å². The van der Waals surface area contributed by atoms with E-state index >= 15 is 0 Å². The van der Waals surface area contributed by atoms with E-state index in [4.69, 9.17) is 30.5 Å². The molecule has 0 spiro atoms. The molecule has 2 aromatic carbocycles. The molecule has 0 fully saturated rings. The Morgan fingerprint density at radius 2 is 1.85 bits per heavy atom. The van der Waals surface area contributed by atoms with Crippen LogP contribution in [0.15, 0.2) is 54.7 Å². The predicted molar refractivity (Wildman–Crippen MR) is 147 cm³/mol. The summed E-state index contributed by atoms with van der Waals surface area (Å²) in [6, 6.07) is 13.9. The number of hydrogen-bond donors (Lipinski definition) is 0. The van der Waals surface area contributed by atoms with Crippen molar-refractivity contribution in [2.45, 2.75) is 26.2 Å². The zero-order valence-corrected chi connectivity index (χ0v) is 23.1. The van der Waals surface area contributed by atoms with Crippen LogP contribution in [-0.2, 0) is 22.6 Å². The number of hydrogen-bond acceptors (Lipinski definition) is 10. The summed E-state index contributed by atoms with van der Waals surface area (Å²) < 4.78 is 22.9. The molecule has 0 aliphatic carbocycles. The van der Waals surface area contributed by atoms with Crippen LogP contribution in [0.1, 0.15) is 28.4 Å². The topological polar surface area (TPSA) is 131 Å². The largest absolute Gasteiger partial charge is 0.497 e. The number of esters is 1. The molecule has 2 heterocycles. The molecule has 2 aromatic heterocycles. The van der Waals surface area contributed by atoms with Gasteiger partial charge in [-0.15, -0.1) is 0 Å². The molecule has 4 rings (SSSR count). The van der Waals surface area contributed by atoms with Crippen molar-refractivity contribution in [3.63, 3.8) is 0 Å². The number of carbonyl (C=O) groups is 1. The van der Waals surface area contributed by atoms with E-state index < -0.39 is 17.0 Å². The van der Waals surface area contributed by atoms with Gasteiger partial charge in [0.15, 0.2) is 11.4 Å². The van der Waals surface area contributed by atoms with Gasteiger partial charge in [0.1, 0.15) is 28.4 Å². The van der Waals surface area contributed by atoms with Gasteiger partial charge in [0.2, 0.25) is 0 Å². The molecule has 1 atom stereocenters. The third kappa shape index (κ3) is 6.58. The molecule has 0 N–H and O–H groups in total. The van der Waals surface area contributed by atoms with Gasteiger partial charge in [-0.3, -0.25) is 10.1 Å². The average Bonchev–Trinajstić information content (AvgIpc) is 3.36. The molecule has 0 amide bonds. The van der Waals surface area contributed by atoms with Crippen LogP contribution in [0.2, 0.25) is 5.15 Å². The summed E-state index contributed by atoms with van der Waals surface area (Å²) in [5.74, 6) is 0.924. The third-order valence-electron chi connectivity index (χ3n) is 5.98. The first-order valence-electron chi connectivity index (χ1n) is 12.2. The molecular formula is C27H28ClN5O7. The number of ether oxygens (including phenoxy) is 4. The van der Waals surface area contributed by atoms with Gasteiger partial charge in [0.05, 0.1) is 38.6 Å². The first-order valence-corrected chi connectivity index (χ1v) is 12.6. The summed E-state index contributed by atoms with van der Waals surface area (Å²) in [7, 11) is 4.86. The van der Waals surface area contributed by atoms with Gasteiger partial charge in [-0.2, -0.15) is 9.61 Å². The van der Waals surface area contributed by atoms with E-state index in [0.717, 1.165) is 11.3 Å². The summed E-state index contributed by atoms with van der Waals surface area (Å²) in [6.45, 7) is 2.37. The molecule has 40 heavy (non-hydrogen) atoms. The molecule has 4 aromatic rings. The number of fused-ring (bicyclic) bond motifs is 1. The molecule has 0 unspecified atom stereocenters. The maximum absolute atomic E-state index is 13.0. The third-order valence-corrected chi connectivity index (χ3v) is 6.17. The molecule has 13 heteroatoms. The zero-order chi connectivity index (χ0) is 28.8. The van der Waals surface area contributed by atoms with Crippen molar-refractivity contribution in [1.82, 2.24) is 14.6 Å². The molecule has 0 aliphatic heterocycles.